The van der Waals surface area contributed by atoms with Gasteiger partial charge in [0.1, 0.15) is 6.54 Å². The van der Waals surface area contributed by atoms with E-state index < -0.39 is 5.97 Å². The number of amides is 1. The Morgan fingerprint density at radius 1 is 1.28 bits per heavy atom. The molecule has 0 aromatic heterocycles. The Bertz CT molecular complexity index is 484. The molecule has 2 atom stereocenters. The van der Waals surface area contributed by atoms with Crippen molar-refractivity contribution in [1.29, 1.82) is 0 Å². The van der Waals surface area contributed by atoms with Crippen molar-refractivity contribution in [3.05, 3.63) is 33.8 Å². The Kier molecular flexibility index (Phi) is 3.78. The van der Waals surface area contributed by atoms with Gasteiger partial charge < -0.3 is 10.4 Å². The number of hydrogen-bond acceptors (Lipinski definition) is 2. The molecule has 1 fully saturated rings. The summed E-state index contributed by atoms with van der Waals surface area (Å²) in [5.41, 5.74) is 0.919. The number of benzene rings is 1. The summed E-state index contributed by atoms with van der Waals surface area (Å²) in [5.74, 6) is -1.39. The van der Waals surface area contributed by atoms with Crippen LogP contribution < -0.4 is 5.32 Å². The Hall–Kier alpha value is -1.26. The van der Waals surface area contributed by atoms with Crippen molar-refractivity contribution in [2.45, 2.75) is 12.3 Å². The van der Waals surface area contributed by atoms with E-state index in [9.17, 15) is 9.59 Å². The minimum absolute atomic E-state index is 0.0787. The lowest BCUT2D eigenvalue weighted by molar-refractivity contribution is -0.138. The molecule has 6 heteroatoms. The molecule has 0 spiro atoms. The van der Waals surface area contributed by atoms with Gasteiger partial charge in [-0.3, -0.25) is 9.59 Å². The van der Waals surface area contributed by atoms with Gasteiger partial charge in [0, 0.05) is 16.0 Å². The second kappa shape index (κ2) is 5.16. The molecule has 2 N–H and O–H groups in total. The first kappa shape index (κ1) is 13.2. The summed E-state index contributed by atoms with van der Waals surface area (Å²) in [6, 6.07) is 5.19. The van der Waals surface area contributed by atoms with E-state index in [1.165, 1.54) is 0 Å². The predicted octanol–water partition coefficient (Wildman–Crippen LogP) is 2.30. The lowest BCUT2D eigenvalue weighted by atomic mass is 10.1. The van der Waals surface area contributed by atoms with Gasteiger partial charge in [-0.1, -0.05) is 23.2 Å². The van der Waals surface area contributed by atoms with Crippen molar-refractivity contribution < 1.29 is 14.7 Å². The number of carbonyl (C=O) groups is 2. The molecule has 1 aliphatic carbocycles. The number of aliphatic carboxylic acids is 1. The first-order valence-electron chi connectivity index (χ1n) is 5.43. The third kappa shape index (κ3) is 3.15. The molecule has 18 heavy (non-hydrogen) atoms. The zero-order valence-corrected chi connectivity index (χ0v) is 10.8. The van der Waals surface area contributed by atoms with Gasteiger partial charge in [-0.25, -0.2) is 0 Å². The molecular formula is C12H11Cl2NO3. The molecule has 0 aliphatic heterocycles. The molecule has 96 valence electrons. The Labute approximate surface area is 114 Å². The second-order valence-corrected chi connectivity index (χ2v) is 5.14. The maximum Gasteiger partial charge on any atom is 0.322 e. The maximum absolute atomic E-state index is 11.6. The van der Waals surface area contributed by atoms with Gasteiger partial charge in [-0.2, -0.15) is 0 Å². The van der Waals surface area contributed by atoms with Gasteiger partial charge in [0.25, 0.3) is 0 Å². The van der Waals surface area contributed by atoms with Gasteiger partial charge in [-0.15, -0.1) is 0 Å². The molecule has 1 amide bonds. The first-order chi connectivity index (χ1) is 8.47. The molecule has 0 saturated heterocycles. The normalized spacial score (nSPS) is 21.4. The van der Waals surface area contributed by atoms with Crippen LogP contribution in [0.1, 0.15) is 17.9 Å². The van der Waals surface area contributed by atoms with E-state index in [4.69, 9.17) is 28.3 Å². The van der Waals surface area contributed by atoms with Crippen LogP contribution in [0.3, 0.4) is 0 Å². The van der Waals surface area contributed by atoms with Crippen LogP contribution in [0.5, 0.6) is 0 Å². The zero-order valence-electron chi connectivity index (χ0n) is 9.32. The van der Waals surface area contributed by atoms with E-state index in [0.29, 0.717) is 16.5 Å². The summed E-state index contributed by atoms with van der Waals surface area (Å²) in [7, 11) is 0. The van der Waals surface area contributed by atoms with Crippen LogP contribution in [0.15, 0.2) is 18.2 Å². The van der Waals surface area contributed by atoms with Gasteiger partial charge in [0.15, 0.2) is 0 Å². The van der Waals surface area contributed by atoms with E-state index in [1.807, 2.05) is 0 Å². The molecule has 1 saturated carbocycles. The van der Waals surface area contributed by atoms with E-state index in [-0.39, 0.29) is 24.3 Å². The SMILES string of the molecule is O=C(O)CNC(=O)C1CC1c1cc(Cl)cc(Cl)c1. The molecule has 0 bridgehead atoms. The van der Waals surface area contributed by atoms with Gasteiger partial charge >= 0.3 is 5.97 Å². The summed E-state index contributed by atoms with van der Waals surface area (Å²) in [6.45, 7) is -0.349. The average Bonchev–Trinajstić information content (AvgIpc) is 3.04. The van der Waals surface area contributed by atoms with E-state index in [1.54, 1.807) is 18.2 Å². The van der Waals surface area contributed by atoms with Crippen molar-refractivity contribution >= 4 is 35.1 Å². The van der Waals surface area contributed by atoms with Gasteiger partial charge in [0.2, 0.25) is 5.91 Å². The fourth-order valence-electron chi connectivity index (χ4n) is 1.94. The van der Waals surface area contributed by atoms with E-state index >= 15 is 0 Å². The highest BCUT2D eigenvalue weighted by Gasteiger charge is 2.44. The number of carboxylic acids is 1. The number of rotatable bonds is 4. The van der Waals surface area contributed by atoms with Crippen LogP contribution in [-0.2, 0) is 9.59 Å². The largest absolute Gasteiger partial charge is 0.480 e. The van der Waals surface area contributed by atoms with Crippen LogP contribution in [0.25, 0.3) is 0 Å². The zero-order chi connectivity index (χ0) is 13.3. The molecule has 0 heterocycles. The van der Waals surface area contributed by atoms with Crippen molar-refractivity contribution in [3.8, 4) is 0 Å². The van der Waals surface area contributed by atoms with Crippen molar-refractivity contribution in [3.63, 3.8) is 0 Å². The summed E-state index contributed by atoms with van der Waals surface area (Å²) in [4.78, 5) is 22.0. The summed E-state index contributed by atoms with van der Waals surface area (Å²) in [5, 5.41) is 11.9. The topological polar surface area (TPSA) is 66.4 Å². The standard InChI is InChI=1S/C12H11Cl2NO3/c13-7-1-6(2-8(14)3-7)9-4-10(9)12(18)15-5-11(16)17/h1-3,9-10H,4-5H2,(H,15,18)(H,16,17). The Balaban J connectivity index is 1.98. The molecule has 4 nitrogen and oxygen atoms in total. The number of hydrogen-bond donors (Lipinski definition) is 2. The molecular weight excluding hydrogens is 277 g/mol. The van der Waals surface area contributed by atoms with Crippen molar-refractivity contribution in [2.75, 3.05) is 6.54 Å². The molecule has 1 aromatic carbocycles. The lowest BCUT2D eigenvalue weighted by Gasteiger charge is -2.03. The Morgan fingerprint density at radius 3 is 2.44 bits per heavy atom. The molecule has 2 rings (SSSR count). The van der Waals surface area contributed by atoms with Crippen LogP contribution in [0, 0.1) is 5.92 Å². The number of halogens is 2. The highest BCUT2D eigenvalue weighted by atomic mass is 35.5. The van der Waals surface area contributed by atoms with E-state index in [0.717, 1.165) is 5.56 Å². The third-order valence-corrected chi connectivity index (χ3v) is 3.29. The van der Waals surface area contributed by atoms with E-state index in [2.05, 4.69) is 5.32 Å². The van der Waals surface area contributed by atoms with Crippen molar-refractivity contribution in [2.24, 2.45) is 5.92 Å². The Morgan fingerprint density at radius 2 is 1.89 bits per heavy atom. The van der Waals surface area contributed by atoms with Gasteiger partial charge in [-0.05, 0) is 36.1 Å². The lowest BCUT2D eigenvalue weighted by Crippen LogP contribution is -2.30. The third-order valence-electron chi connectivity index (χ3n) is 2.85. The minimum atomic E-state index is -1.05. The smallest absolute Gasteiger partial charge is 0.322 e. The monoisotopic (exact) mass is 287 g/mol. The van der Waals surface area contributed by atoms with Crippen LogP contribution in [0.4, 0.5) is 0 Å². The minimum Gasteiger partial charge on any atom is -0.480 e. The maximum atomic E-state index is 11.6. The predicted molar refractivity (Wildman–Crippen MR) is 68.0 cm³/mol. The number of nitrogens with one attached hydrogen (secondary N) is 1. The number of carboxylic acid groups (broad SMARTS) is 1. The number of carbonyl (C=O) groups excluding carboxylic acids is 1. The summed E-state index contributed by atoms with van der Waals surface area (Å²) in [6.07, 6.45) is 0.697. The fourth-order valence-corrected chi connectivity index (χ4v) is 2.48. The van der Waals surface area contributed by atoms with Crippen LogP contribution >= 0.6 is 23.2 Å². The summed E-state index contributed by atoms with van der Waals surface area (Å²) < 4.78 is 0. The quantitative estimate of drug-likeness (QED) is 0.893. The highest BCUT2D eigenvalue weighted by molar-refractivity contribution is 6.34. The van der Waals surface area contributed by atoms with Crippen LogP contribution in [0.2, 0.25) is 10.0 Å². The first-order valence-corrected chi connectivity index (χ1v) is 6.18. The molecule has 0 radical (unpaired) electrons. The molecule has 1 aromatic rings. The van der Waals surface area contributed by atoms with Crippen molar-refractivity contribution in [1.82, 2.24) is 5.32 Å². The van der Waals surface area contributed by atoms with Crippen LogP contribution in [-0.4, -0.2) is 23.5 Å². The highest BCUT2D eigenvalue weighted by Crippen LogP contribution is 2.48. The average molecular weight is 288 g/mol. The van der Waals surface area contributed by atoms with Gasteiger partial charge in [0.05, 0.1) is 0 Å². The fraction of sp³-hybridized carbons (Fsp3) is 0.333. The second-order valence-electron chi connectivity index (χ2n) is 4.26. The summed E-state index contributed by atoms with van der Waals surface area (Å²) >= 11 is 11.8. The molecule has 1 aliphatic rings. The molecule has 2 unspecified atom stereocenters.